The Hall–Kier alpha value is -1.73. The van der Waals surface area contributed by atoms with Crippen LogP contribution in [0.5, 0.6) is 0 Å². The van der Waals surface area contributed by atoms with E-state index in [0.717, 1.165) is 6.07 Å². The average molecular weight is 298 g/mol. The molecular weight excluding hydrogens is 287 g/mol. The van der Waals surface area contributed by atoms with Crippen molar-refractivity contribution in [1.29, 1.82) is 0 Å². The van der Waals surface area contributed by atoms with Crippen molar-refractivity contribution in [3.63, 3.8) is 0 Å². The van der Waals surface area contributed by atoms with E-state index in [4.69, 9.17) is 5.73 Å². The van der Waals surface area contributed by atoms with E-state index in [-0.39, 0.29) is 11.4 Å². The highest BCUT2D eigenvalue weighted by Crippen LogP contribution is 2.19. The Bertz CT molecular complexity index is 614. The lowest BCUT2D eigenvalue weighted by Crippen LogP contribution is -2.19. The minimum Gasteiger partial charge on any atom is -0.397 e. The van der Waals surface area contributed by atoms with Gasteiger partial charge in [-0.2, -0.15) is 0 Å². The number of nitrogens with two attached hydrogens (primary N) is 1. The summed E-state index contributed by atoms with van der Waals surface area (Å²) in [6.45, 7) is 0. The number of thiophene rings is 1. The molecule has 0 aliphatic heterocycles. The first-order valence-corrected chi connectivity index (χ1v) is 7.53. The SMILES string of the molecule is Nc1cc(F)ccc1NC(=O)CS(=O)c1cccs1. The third-order valence-corrected chi connectivity index (χ3v) is 4.89. The maximum Gasteiger partial charge on any atom is 0.237 e. The van der Waals surface area contributed by atoms with E-state index in [1.807, 2.05) is 0 Å². The van der Waals surface area contributed by atoms with Crippen molar-refractivity contribution in [2.24, 2.45) is 0 Å². The van der Waals surface area contributed by atoms with Crippen LogP contribution in [0, 0.1) is 5.82 Å². The third-order valence-electron chi connectivity index (χ3n) is 2.27. The number of hydrogen-bond donors (Lipinski definition) is 2. The highest BCUT2D eigenvalue weighted by Gasteiger charge is 2.12. The van der Waals surface area contributed by atoms with Crippen LogP contribution < -0.4 is 11.1 Å². The summed E-state index contributed by atoms with van der Waals surface area (Å²) in [5, 5.41) is 4.31. The zero-order valence-corrected chi connectivity index (χ0v) is 11.4. The lowest BCUT2D eigenvalue weighted by molar-refractivity contribution is -0.113. The van der Waals surface area contributed by atoms with Gasteiger partial charge in [0.2, 0.25) is 5.91 Å². The van der Waals surface area contributed by atoms with Gasteiger partial charge in [-0.05, 0) is 29.6 Å². The van der Waals surface area contributed by atoms with E-state index >= 15 is 0 Å². The summed E-state index contributed by atoms with van der Waals surface area (Å²) in [4.78, 5) is 11.7. The molecule has 4 nitrogen and oxygen atoms in total. The molecule has 0 saturated carbocycles. The fourth-order valence-electron chi connectivity index (χ4n) is 1.42. The molecule has 100 valence electrons. The quantitative estimate of drug-likeness (QED) is 0.850. The number of rotatable bonds is 4. The summed E-state index contributed by atoms with van der Waals surface area (Å²) >= 11 is 1.33. The predicted molar refractivity (Wildman–Crippen MR) is 75.0 cm³/mol. The van der Waals surface area contributed by atoms with Crippen molar-refractivity contribution in [2.75, 3.05) is 16.8 Å². The lowest BCUT2D eigenvalue weighted by Gasteiger charge is -2.07. The van der Waals surface area contributed by atoms with Crippen LogP contribution in [0.2, 0.25) is 0 Å². The maximum atomic E-state index is 12.8. The summed E-state index contributed by atoms with van der Waals surface area (Å²) in [6, 6.07) is 7.17. The van der Waals surface area contributed by atoms with Gasteiger partial charge in [0.1, 0.15) is 11.6 Å². The van der Waals surface area contributed by atoms with Crippen molar-refractivity contribution in [3.05, 3.63) is 41.5 Å². The van der Waals surface area contributed by atoms with Gasteiger partial charge in [-0.15, -0.1) is 11.3 Å². The van der Waals surface area contributed by atoms with Gasteiger partial charge in [0.25, 0.3) is 0 Å². The molecule has 0 radical (unpaired) electrons. The van der Waals surface area contributed by atoms with Gasteiger partial charge in [-0.3, -0.25) is 9.00 Å². The molecule has 1 amide bonds. The van der Waals surface area contributed by atoms with Gasteiger partial charge in [0.15, 0.2) is 0 Å². The molecule has 2 aromatic rings. The molecule has 1 unspecified atom stereocenters. The summed E-state index contributed by atoms with van der Waals surface area (Å²) in [5.41, 5.74) is 6.02. The van der Waals surface area contributed by atoms with Crippen molar-refractivity contribution in [3.8, 4) is 0 Å². The van der Waals surface area contributed by atoms with E-state index < -0.39 is 22.5 Å². The van der Waals surface area contributed by atoms with Gasteiger partial charge in [-0.1, -0.05) is 6.07 Å². The highest BCUT2D eigenvalue weighted by molar-refractivity contribution is 7.88. The minimum absolute atomic E-state index is 0.134. The number of nitrogens with one attached hydrogen (secondary N) is 1. The first-order chi connectivity index (χ1) is 9.06. The van der Waals surface area contributed by atoms with E-state index in [0.29, 0.717) is 9.90 Å². The maximum absolute atomic E-state index is 12.8. The van der Waals surface area contributed by atoms with Gasteiger partial charge in [0, 0.05) is 0 Å². The van der Waals surface area contributed by atoms with Crippen LogP contribution in [-0.4, -0.2) is 15.9 Å². The van der Waals surface area contributed by atoms with Crippen molar-refractivity contribution in [1.82, 2.24) is 0 Å². The second-order valence-corrected chi connectivity index (χ2v) is 6.33. The summed E-state index contributed by atoms with van der Waals surface area (Å²) in [6.07, 6.45) is 0. The average Bonchev–Trinajstić information content (AvgIpc) is 2.86. The molecule has 7 heteroatoms. The number of hydrogen-bond acceptors (Lipinski definition) is 4. The number of carbonyl (C=O) groups is 1. The van der Waals surface area contributed by atoms with Crippen molar-refractivity contribution >= 4 is 39.4 Å². The van der Waals surface area contributed by atoms with Crippen LogP contribution in [0.4, 0.5) is 15.8 Å². The molecule has 2 rings (SSSR count). The van der Waals surface area contributed by atoms with Crippen molar-refractivity contribution < 1.29 is 13.4 Å². The summed E-state index contributed by atoms with van der Waals surface area (Å²) in [7, 11) is -1.38. The predicted octanol–water partition coefficient (Wildman–Crippen LogP) is 2.22. The Kier molecular flexibility index (Phi) is 4.28. The van der Waals surface area contributed by atoms with E-state index in [9.17, 15) is 13.4 Å². The van der Waals surface area contributed by atoms with Gasteiger partial charge in [-0.25, -0.2) is 4.39 Å². The topological polar surface area (TPSA) is 72.2 Å². The third kappa shape index (κ3) is 3.62. The molecule has 0 saturated heterocycles. The summed E-state index contributed by atoms with van der Waals surface area (Å²) < 4.78 is 25.3. The van der Waals surface area contributed by atoms with Crippen LogP contribution in [0.25, 0.3) is 0 Å². The second-order valence-electron chi connectivity index (χ2n) is 3.70. The van der Waals surface area contributed by atoms with E-state index in [1.165, 1.54) is 23.5 Å². The Morgan fingerprint density at radius 2 is 2.21 bits per heavy atom. The fraction of sp³-hybridized carbons (Fsp3) is 0.0833. The van der Waals surface area contributed by atoms with Crippen LogP contribution in [-0.2, 0) is 15.6 Å². The molecule has 0 spiro atoms. The molecule has 19 heavy (non-hydrogen) atoms. The number of halogens is 1. The largest absolute Gasteiger partial charge is 0.397 e. The molecule has 0 bridgehead atoms. The van der Waals surface area contributed by atoms with Gasteiger partial charge in [0.05, 0.1) is 26.4 Å². The number of amides is 1. The number of anilines is 2. The first kappa shape index (κ1) is 13.7. The van der Waals surface area contributed by atoms with Gasteiger partial charge >= 0.3 is 0 Å². The smallest absolute Gasteiger partial charge is 0.237 e. The first-order valence-electron chi connectivity index (χ1n) is 5.33. The number of nitrogen functional groups attached to an aromatic ring is 1. The van der Waals surface area contributed by atoms with Crippen molar-refractivity contribution in [2.45, 2.75) is 4.21 Å². The molecule has 1 aromatic heterocycles. The second kappa shape index (κ2) is 5.94. The zero-order chi connectivity index (χ0) is 13.8. The molecule has 0 aliphatic rings. The highest BCUT2D eigenvalue weighted by atomic mass is 32.2. The monoisotopic (exact) mass is 298 g/mol. The van der Waals surface area contributed by atoms with Crippen LogP contribution in [0.3, 0.4) is 0 Å². The van der Waals surface area contributed by atoms with Crippen LogP contribution in [0.15, 0.2) is 39.9 Å². The molecule has 0 fully saturated rings. The summed E-state index contributed by atoms with van der Waals surface area (Å²) in [5.74, 6) is -1.06. The zero-order valence-electron chi connectivity index (χ0n) is 9.76. The number of benzene rings is 1. The lowest BCUT2D eigenvalue weighted by atomic mass is 10.2. The van der Waals surface area contributed by atoms with E-state index in [2.05, 4.69) is 5.32 Å². The molecule has 3 N–H and O–H groups in total. The number of carbonyl (C=O) groups excluding carboxylic acids is 1. The Morgan fingerprint density at radius 1 is 1.42 bits per heavy atom. The molecule has 0 aliphatic carbocycles. The molecule has 1 aromatic carbocycles. The van der Waals surface area contributed by atoms with Gasteiger partial charge < -0.3 is 11.1 Å². The molecule has 1 heterocycles. The normalized spacial score (nSPS) is 12.1. The fourth-order valence-corrected chi connectivity index (χ4v) is 3.32. The Morgan fingerprint density at radius 3 is 2.84 bits per heavy atom. The molecule has 1 atom stereocenters. The van der Waals surface area contributed by atoms with E-state index in [1.54, 1.807) is 17.5 Å². The Balaban J connectivity index is 2.00. The van der Waals surface area contributed by atoms with Crippen LogP contribution in [0.1, 0.15) is 0 Å². The minimum atomic E-state index is -1.38. The Labute approximate surface area is 115 Å². The molecular formula is C12H11FN2O2S2. The van der Waals surface area contributed by atoms with Crippen LogP contribution >= 0.6 is 11.3 Å². The standard InChI is InChI=1S/C12H11FN2O2S2/c13-8-3-4-10(9(14)6-8)15-11(16)7-19(17)12-2-1-5-18-12/h1-6H,7,14H2,(H,15,16).